The van der Waals surface area contributed by atoms with Crippen molar-refractivity contribution in [2.24, 2.45) is 0 Å². The molecule has 32 heavy (non-hydrogen) atoms. The summed E-state index contributed by atoms with van der Waals surface area (Å²) in [5.41, 5.74) is 4.23. The summed E-state index contributed by atoms with van der Waals surface area (Å²) in [6.07, 6.45) is 0. The second kappa shape index (κ2) is 8.30. The maximum Gasteiger partial charge on any atom is 0.355 e. The Morgan fingerprint density at radius 3 is 2.56 bits per heavy atom. The van der Waals surface area contributed by atoms with Crippen LogP contribution >= 0.6 is 0 Å². The van der Waals surface area contributed by atoms with Crippen LogP contribution in [0.2, 0.25) is 0 Å². The summed E-state index contributed by atoms with van der Waals surface area (Å²) in [7, 11) is 1.64. The van der Waals surface area contributed by atoms with Gasteiger partial charge in [-0.25, -0.2) is 4.79 Å². The van der Waals surface area contributed by atoms with Gasteiger partial charge in [0.15, 0.2) is 11.5 Å². The topological polar surface area (TPSA) is 58.9 Å². The molecule has 0 N–H and O–H groups in total. The molecule has 0 bridgehead atoms. The van der Waals surface area contributed by atoms with Gasteiger partial charge >= 0.3 is 5.97 Å². The van der Waals surface area contributed by atoms with E-state index in [0.29, 0.717) is 30.3 Å². The van der Waals surface area contributed by atoms with Crippen molar-refractivity contribution in [1.29, 1.82) is 0 Å². The molecule has 0 fully saturated rings. The quantitative estimate of drug-likeness (QED) is 0.391. The SMILES string of the molecule is CCOC(=O)c1c(-c2ccc3c(c2)OCO3)c2ccccc2n1Cc1ccc(OC)cc1. The molecule has 0 aliphatic carbocycles. The number of carbonyl (C=O) groups is 1. The third kappa shape index (κ3) is 3.43. The molecule has 0 saturated carbocycles. The number of benzene rings is 3. The zero-order chi connectivity index (χ0) is 22.1. The van der Waals surface area contributed by atoms with Crippen LogP contribution in [0.15, 0.2) is 66.7 Å². The van der Waals surface area contributed by atoms with Gasteiger partial charge in [-0.1, -0.05) is 36.4 Å². The van der Waals surface area contributed by atoms with E-state index < -0.39 is 0 Å². The Balaban J connectivity index is 1.72. The first-order chi connectivity index (χ1) is 15.7. The number of carbonyl (C=O) groups excluding carboxylic acids is 1. The van der Waals surface area contributed by atoms with Crippen molar-refractivity contribution in [3.63, 3.8) is 0 Å². The van der Waals surface area contributed by atoms with Crippen molar-refractivity contribution in [1.82, 2.24) is 4.57 Å². The minimum Gasteiger partial charge on any atom is -0.497 e. The van der Waals surface area contributed by atoms with Crippen LogP contribution in [-0.4, -0.2) is 31.0 Å². The maximum absolute atomic E-state index is 13.2. The molecule has 1 aliphatic rings. The molecule has 0 spiro atoms. The molecule has 0 saturated heterocycles. The molecule has 2 heterocycles. The Morgan fingerprint density at radius 2 is 1.78 bits per heavy atom. The summed E-state index contributed by atoms with van der Waals surface area (Å²) in [6, 6.07) is 21.6. The highest BCUT2D eigenvalue weighted by Gasteiger charge is 2.26. The highest BCUT2D eigenvalue weighted by atomic mass is 16.7. The van der Waals surface area contributed by atoms with E-state index >= 15 is 0 Å². The lowest BCUT2D eigenvalue weighted by molar-refractivity contribution is 0.0516. The number of methoxy groups -OCH3 is 1. The van der Waals surface area contributed by atoms with Crippen molar-refractivity contribution >= 4 is 16.9 Å². The van der Waals surface area contributed by atoms with E-state index in [9.17, 15) is 4.79 Å². The first-order valence-electron chi connectivity index (χ1n) is 10.5. The first kappa shape index (κ1) is 20.0. The van der Waals surface area contributed by atoms with E-state index in [0.717, 1.165) is 33.3 Å². The molecular weight excluding hydrogens is 406 g/mol. The molecule has 5 rings (SSSR count). The second-order valence-electron chi connectivity index (χ2n) is 7.46. The van der Waals surface area contributed by atoms with Crippen molar-refractivity contribution < 1.29 is 23.7 Å². The Morgan fingerprint density at radius 1 is 1.00 bits per heavy atom. The lowest BCUT2D eigenvalue weighted by Crippen LogP contribution is -2.14. The minimum absolute atomic E-state index is 0.197. The normalized spacial score (nSPS) is 12.2. The monoisotopic (exact) mass is 429 g/mol. The van der Waals surface area contributed by atoms with Gasteiger partial charge in [-0.2, -0.15) is 0 Å². The fourth-order valence-electron chi connectivity index (χ4n) is 4.14. The predicted octanol–water partition coefficient (Wildman–Crippen LogP) is 5.27. The summed E-state index contributed by atoms with van der Waals surface area (Å²) in [5, 5.41) is 0.975. The van der Waals surface area contributed by atoms with E-state index in [2.05, 4.69) is 0 Å². The van der Waals surface area contributed by atoms with Gasteiger partial charge in [-0.15, -0.1) is 0 Å². The molecule has 4 aromatic rings. The molecule has 1 aliphatic heterocycles. The van der Waals surface area contributed by atoms with Crippen LogP contribution < -0.4 is 14.2 Å². The van der Waals surface area contributed by atoms with Crippen molar-refractivity contribution in [2.75, 3.05) is 20.5 Å². The predicted molar refractivity (Wildman–Crippen MR) is 122 cm³/mol. The third-order valence-electron chi connectivity index (χ3n) is 5.60. The van der Waals surface area contributed by atoms with E-state index in [4.69, 9.17) is 18.9 Å². The number of hydrogen-bond donors (Lipinski definition) is 0. The van der Waals surface area contributed by atoms with Crippen LogP contribution in [0.5, 0.6) is 17.2 Å². The maximum atomic E-state index is 13.2. The standard InChI is InChI=1S/C26H23NO5/c1-3-30-26(28)25-24(18-10-13-22-23(14-18)32-16-31-22)20-6-4-5-7-21(20)27(25)15-17-8-11-19(29-2)12-9-17/h4-14H,3,15-16H2,1-2H3. The number of rotatable bonds is 6. The zero-order valence-electron chi connectivity index (χ0n) is 18.0. The summed E-state index contributed by atoms with van der Waals surface area (Å²) < 4.78 is 23.8. The van der Waals surface area contributed by atoms with Crippen LogP contribution in [0.4, 0.5) is 0 Å². The van der Waals surface area contributed by atoms with Gasteiger partial charge in [0.25, 0.3) is 0 Å². The Bertz CT molecular complexity index is 1290. The first-order valence-corrected chi connectivity index (χ1v) is 10.5. The van der Waals surface area contributed by atoms with E-state index in [1.54, 1.807) is 7.11 Å². The van der Waals surface area contributed by atoms with E-state index in [1.165, 1.54) is 0 Å². The molecule has 6 heteroatoms. The molecule has 0 radical (unpaired) electrons. The molecular formula is C26H23NO5. The van der Waals surface area contributed by atoms with Gasteiger partial charge in [0.1, 0.15) is 11.4 Å². The van der Waals surface area contributed by atoms with Crippen LogP contribution in [0.3, 0.4) is 0 Å². The number of hydrogen-bond acceptors (Lipinski definition) is 5. The molecule has 0 atom stereocenters. The van der Waals surface area contributed by atoms with Crippen LogP contribution in [-0.2, 0) is 11.3 Å². The highest BCUT2D eigenvalue weighted by molar-refractivity contribution is 6.09. The van der Waals surface area contributed by atoms with Crippen molar-refractivity contribution in [3.8, 4) is 28.4 Å². The van der Waals surface area contributed by atoms with Crippen LogP contribution in [0, 0.1) is 0 Å². The van der Waals surface area contributed by atoms with Crippen molar-refractivity contribution in [2.45, 2.75) is 13.5 Å². The number of ether oxygens (including phenoxy) is 4. The van der Waals surface area contributed by atoms with Gasteiger partial charge in [0.2, 0.25) is 6.79 Å². The van der Waals surface area contributed by atoms with Crippen LogP contribution in [0.1, 0.15) is 23.0 Å². The van der Waals surface area contributed by atoms with E-state index in [1.807, 2.05) is 78.2 Å². The average molecular weight is 429 g/mol. The summed E-state index contributed by atoms with van der Waals surface area (Å²) >= 11 is 0. The number of fused-ring (bicyclic) bond motifs is 2. The highest BCUT2D eigenvalue weighted by Crippen LogP contribution is 2.41. The van der Waals surface area contributed by atoms with Gasteiger partial charge < -0.3 is 23.5 Å². The zero-order valence-corrected chi connectivity index (χ0v) is 18.0. The molecule has 3 aromatic carbocycles. The smallest absolute Gasteiger partial charge is 0.355 e. The number of aromatic nitrogens is 1. The van der Waals surface area contributed by atoms with Gasteiger partial charge in [-0.3, -0.25) is 0 Å². The number of nitrogens with zero attached hydrogens (tertiary/aromatic N) is 1. The van der Waals surface area contributed by atoms with E-state index in [-0.39, 0.29) is 12.8 Å². The molecule has 162 valence electrons. The second-order valence-corrected chi connectivity index (χ2v) is 7.46. The lowest BCUT2D eigenvalue weighted by atomic mass is 10.0. The molecule has 1 aromatic heterocycles. The molecule has 0 amide bonds. The summed E-state index contributed by atoms with van der Waals surface area (Å²) in [5.74, 6) is 1.81. The third-order valence-corrected chi connectivity index (χ3v) is 5.60. The van der Waals surface area contributed by atoms with Crippen LogP contribution in [0.25, 0.3) is 22.0 Å². The Kier molecular flexibility index (Phi) is 5.19. The number of esters is 1. The largest absolute Gasteiger partial charge is 0.497 e. The minimum atomic E-state index is -0.357. The lowest BCUT2D eigenvalue weighted by Gasteiger charge is -2.12. The van der Waals surface area contributed by atoms with Gasteiger partial charge in [0.05, 0.1) is 13.7 Å². The summed E-state index contributed by atoms with van der Waals surface area (Å²) in [6.45, 7) is 2.82. The van der Waals surface area contributed by atoms with Gasteiger partial charge in [-0.05, 0) is 48.4 Å². The fraction of sp³-hybridized carbons (Fsp3) is 0.192. The van der Waals surface area contributed by atoms with Gasteiger partial charge in [0, 0.05) is 23.0 Å². The van der Waals surface area contributed by atoms with Crippen molar-refractivity contribution in [3.05, 3.63) is 78.0 Å². The molecule has 6 nitrogen and oxygen atoms in total. The number of para-hydroxylation sites is 1. The fourth-order valence-corrected chi connectivity index (χ4v) is 4.14. The Hall–Kier alpha value is -3.93. The average Bonchev–Trinajstić information content (AvgIpc) is 3.42. The summed E-state index contributed by atoms with van der Waals surface area (Å²) in [4.78, 5) is 13.2. The molecule has 0 unspecified atom stereocenters. The Labute approximate surface area is 185 Å².